The van der Waals surface area contributed by atoms with Crippen molar-refractivity contribution in [3.63, 3.8) is 0 Å². The standard InChI is InChI=1S/C26H32N8O2/c1-5-27-26(36)25-31-30-24(20-14-19-21(15-22(20)35)28-29-23(19)16(2)3)34(25)18-8-6-17(7-9-18)33-12-10-32(4)11-13-33/h6-9,14-16,35H,5,10-13H2,1-4H3,(H,27,36)(H,28,29). The Hall–Kier alpha value is -3.92. The van der Waals surface area contributed by atoms with Gasteiger partial charge in [-0.3, -0.25) is 14.5 Å². The summed E-state index contributed by atoms with van der Waals surface area (Å²) in [5.74, 6) is 0.466. The van der Waals surface area contributed by atoms with Crippen molar-refractivity contribution in [1.82, 2.24) is 35.2 Å². The predicted octanol–water partition coefficient (Wildman–Crippen LogP) is 3.14. The Morgan fingerprint density at radius 1 is 1.08 bits per heavy atom. The van der Waals surface area contributed by atoms with E-state index in [9.17, 15) is 9.90 Å². The molecule has 0 spiro atoms. The van der Waals surface area contributed by atoms with Crippen LogP contribution in [0.25, 0.3) is 28.0 Å². The van der Waals surface area contributed by atoms with Crippen LogP contribution in [0.5, 0.6) is 5.75 Å². The second-order valence-electron chi connectivity index (χ2n) is 9.53. The number of nitrogens with one attached hydrogen (secondary N) is 2. The highest BCUT2D eigenvalue weighted by Crippen LogP contribution is 2.36. The van der Waals surface area contributed by atoms with Crippen LogP contribution in [0, 0.1) is 0 Å². The maximum Gasteiger partial charge on any atom is 0.289 e. The molecule has 0 aliphatic carbocycles. The maximum atomic E-state index is 12.9. The first-order valence-corrected chi connectivity index (χ1v) is 12.4. The first-order valence-electron chi connectivity index (χ1n) is 12.4. The van der Waals surface area contributed by atoms with Crippen LogP contribution in [-0.2, 0) is 0 Å². The number of nitrogens with zero attached hydrogens (tertiary/aromatic N) is 6. The number of hydrogen-bond donors (Lipinski definition) is 3. The minimum Gasteiger partial charge on any atom is -0.507 e. The van der Waals surface area contributed by atoms with Gasteiger partial charge in [0, 0.05) is 61.2 Å². The molecule has 3 N–H and O–H groups in total. The summed E-state index contributed by atoms with van der Waals surface area (Å²) < 4.78 is 1.70. The number of fused-ring (bicyclic) bond motifs is 1. The van der Waals surface area contributed by atoms with Crippen molar-refractivity contribution in [2.45, 2.75) is 26.7 Å². The van der Waals surface area contributed by atoms with Gasteiger partial charge in [0.2, 0.25) is 5.82 Å². The number of aromatic nitrogens is 5. The van der Waals surface area contributed by atoms with E-state index in [2.05, 4.69) is 68.5 Å². The summed E-state index contributed by atoms with van der Waals surface area (Å²) in [4.78, 5) is 17.6. The molecule has 1 fully saturated rings. The van der Waals surface area contributed by atoms with Gasteiger partial charge in [-0.2, -0.15) is 5.10 Å². The molecular formula is C26H32N8O2. The van der Waals surface area contributed by atoms with E-state index in [1.54, 1.807) is 10.6 Å². The quantitative estimate of drug-likeness (QED) is 0.382. The minimum atomic E-state index is -0.328. The number of hydrogen-bond acceptors (Lipinski definition) is 7. The fourth-order valence-electron chi connectivity index (χ4n) is 4.65. The monoisotopic (exact) mass is 488 g/mol. The van der Waals surface area contributed by atoms with Gasteiger partial charge in [-0.15, -0.1) is 10.2 Å². The Balaban J connectivity index is 1.61. The summed E-state index contributed by atoms with van der Waals surface area (Å²) >= 11 is 0. The number of amides is 1. The molecule has 3 heterocycles. The Bertz CT molecular complexity index is 1380. The van der Waals surface area contributed by atoms with Crippen molar-refractivity contribution in [1.29, 1.82) is 0 Å². The van der Waals surface area contributed by atoms with Crippen LogP contribution in [0.3, 0.4) is 0 Å². The van der Waals surface area contributed by atoms with Crippen LogP contribution in [0.15, 0.2) is 36.4 Å². The average molecular weight is 489 g/mol. The van der Waals surface area contributed by atoms with E-state index >= 15 is 0 Å². The van der Waals surface area contributed by atoms with Gasteiger partial charge in [-0.1, -0.05) is 13.8 Å². The number of carbonyl (C=O) groups excluding carboxylic acids is 1. The smallest absolute Gasteiger partial charge is 0.289 e. The van der Waals surface area contributed by atoms with Gasteiger partial charge in [0.1, 0.15) is 5.75 Å². The maximum absolute atomic E-state index is 12.9. The van der Waals surface area contributed by atoms with E-state index in [0.29, 0.717) is 23.4 Å². The normalized spacial score (nSPS) is 14.6. The van der Waals surface area contributed by atoms with E-state index in [1.165, 1.54) is 0 Å². The lowest BCUT2D eigenvalue weighted by Gasteiger charge is -2.34. The highest BCUT2D eigenvalue weighted by Gasteiger charge is 2.24. The number of benzene rings is 2. The number of anilines is 1. The van der Waals surface area contributed by atoms with Gasteiger partial charge in [0.15, 0.2) is 5.82 Å². The molecule has 1 aliphatic heterocycles. The van der Waals surface area contributed by atoms with Crippen LogP contribution in [0.4, 0.5) is 5.69 Å². The lowest BCUT2D eigenvalue weighted by atomic mass is 10.0. The molecule has 0 unspecified atom stereocenters. The third-order valence-electron chi connectivity index (χ3n) is 6.70. The number of rotatable bonds is 6. The summed E-state index contributed by atoms with van der Waals surface area (Å²) in [5, 5.41) is 30.6. The molecule has 10 heteroatoms. The fourth-order valence-corrected chi connectivity index (χ4v) is 4.65. The highest BCUT2D eigenvalue weighted by molar-refractivity contribution is 5.93. The number of carbonyl (C=O) groups is 1. The minimum absolute atomic E-state index is 0.0227. The van der Waals surface area contributed by atoms with Crippen LogP contribution in [0.1, 0.15) is 43.0 Å². The van der Waals surface area contributed by atoms with Crippen LogP contribution >= 0.6 is 0 Å². The van der Waals surface area contributed by atoms with E-state index in [0.717, 1.165) is 48.6 Å². The molecule has 1 amide bonds. The van der Waals surface area contributed by atoms with Gasteiger partial charge in [-0.25, -0.2) is 0 Å². The van der Waals surface area contributed by atoms with Crippen molar-refractivity contribution in [2.75, 3.05) is 44.7 Å². The van der Waals surface area contributed by atoms with Crippen LogP contribution in [-0.4, -0.2) is 80.6 Å². The molecule has 36 heavy (non-hydrogen) atoms. The molecule has 0 bridgehead atoms. The third kappa shape index (κ3) is 4.28. The third-order valence-corrected chi connectivity index (χ3v) is 6.70. The molecule has 4 aromatic rings. The summed E-state index contributed by atoms with van der Waals surface area (Å²) in [6.07, 6.45) is 0. The second kappa shape index (κ2) is 9.62. The van der Waals surface area contributed by atoms with Crippen LogP contribution in [0.2, 0.25) is 0 Å². The molecule has 0 atom stereocenters. The number of likely N-dealkylation sites (N-methyl/N-ethyl adjacent to an activating group) is 1. The molecule has 188 valence electrons. The lowest BCUT2D eigenvalue weighted by Crippen LogP contribution is -2.44. The van der Waals surface area contributed by atoms with Crippen molar-refractivity contribution in [3.05, 3.63) is 47.9 Å². The van der Waals surface area contributed by atoms with Crippen LogP contribution < -0.4 is 10.2 Å². The molecule has 10 nitrogen and oxygen atoms in total. The van der Waals surface area contributed by atoms with Gasteiger partial charge in [0.25, 0.3) is 5.91 Å². The second-order valence-corrected chi connectivity index (χ2v) is 9.53. The molecule has 2 aromatic heterocycles. The summed E-state index contributed by atoms with van der Waals surface area (Å²) in [5.41, 5.74) is 4.00. The van der Waals surface area contributed by atoms with Crippen molar-refractivity contribution < 1.29 is 9.90 Å². The molecule has 5 rings (SSSR count). The SMILES string of the molecule is CCNC(=O)c1nnc(-c2cc3c(C(C)C)[nH]nc3cc2O)n1-c1ccc(N2CCN(C)CC2)cc1. The fraction of sp³-hybridized carbons (Fsp3) is 0.385. The Morgan fingerprint density at radius 3 is 2.44 bits per heavy atom. The first kappa shape index (κ1) is 23.8. The van der Waals surface area contributed by atoms with E-state index in [4.69, 9.17) is 0 Å². The number of H-pyrrole nitrogens is 1. The summed E-state index contributed by atoms with van der Waals surface area (Å²) in [6.45, 7) is 10.5. The van der Waals surface area contributed by atoms with Crippen molar-refractivity contribution >= 4 is 22.5 Å². The zero-order valence-corrected chi connectivity index (χ0v) is 21.1. The van der Waals surface area contributed by atoms with Crippen molar-refractivity contribution in [2.24, 2.45) is 0 Å². The summed E-state index contributed by atoms with van der Waals surface area (Å²) in [6, 6.07) is 11.5. The number of aromatic hydroxyl groups is 1. The zero-order chi connectivity index (χ0) is 25.4. The first-order chi connectivity index (χ1) is 17.4. The number of phenolic OH excluding ortho intramolecular Hbond substituents is 1. The average Bonchev–Trinajstić information content (AvgIpc) is 3.48. The zero-order valence-electron chi connectivity index (χ0n) is 21.1. The largest absolute Gasteiger partial charge is 0.507 e. The molecule has 2 aromatic carbocycles. The van der Waals surface area contributed by atoms with Gasteiger partial charge in [-0.05, 0) is 50.2 Å². The Kier molecular flexibility index (Phi) is 6.36. The molecule has 1 aliphatic rings. The van der Waals surface area contributed by atoms with Gasteiger partial charge in [0.05, 0.1) is 11.1 Å². The van der Waals surface area contributed by atoms with E-state index < -0.39 is 0 Å². The Morgan fingerprint density at radius 2 is 1.78 bits per heavy atom. The number of piperazine rings is 1. The molecule has 0 saturated carbocycles. The molecular weight excluding hydrogens is 456 g/mol. The predicted molar refractivity (Wildman–Crippen MR) is 140 cm³/mol. The Labute approximate surface area is 209 Å². The highest BCUT2D eigenvalue weighted by atomic mass is 16.3. The van der Waals surface area contributed by atoms with Gasteiger partial charge >= 0.3 is 0 Å². The van der Waals surface area contributed by atoms with Gasteiger partial charge < -0.3 is 20.2 Å². The van der Waals surface area contributed by atoms with Crippen molar-refractivity contribution in [3.8, 4) is 22.8 Å². The number of phenols is 1. The van der Waals surface area contributed by atoms with E-state index in [1.807, 2.05) is 25.1 Å². The van der Waals surface area contributed by atoms with E-state index in [-0.39, 0.29) is 23.4 Å². The number of aromatic amines is 1. The molecule has 0 radical (unpaired) electrons. The summed E-state index contributed by atoms with van der Waals surface area (Å²) in [7, 11) is 2.14. The topological polar surface area (TPSA) is 115 Å². The molecule has 1 saturated heterocycles. The lowest BCUT2D eigenvalue weighted by molar-refractivity contribution is 0.0943.